The number of hydrogen-bond donors (Lipinski definition) is 0. The van der Waals surface area contributed by atoms with E-state index in [2.05, 4.69) is 57.8 Å². The van der Waals surface area contributed by atoms with Gasteiger partial charge in [0.2, 0.25) is 11.7 Å². The van der Waals surface area contributed by atoms with Crippen LogP contribution in [0.4, 0.5) is 0 Å². The Morgan fingerprint density at radius 3 is 2.53 bits per heavy atom. The zero-order valence-corrected chi connectivity index (χ0v) is 20.0. The summed E-state index contributed by atoms with van der Waals surface area (Å²) in [5.41, 5.74) is 2.14. The summed E-state index contributed by atoms with van der Waals surface area (Å²) in [7, 11) is 2.07. The fraction of sp³-hybridized carbons (Fsp3) is 0.269. The summed E-state index contributed by atoms with van der Waals surface area (Å²) in [6.45, 7) is 4.97. The maximum absolute atomic E-state index is 13.3. The van der Waals surface area contributed by atoms with Crippen LogP contribution in [0.1, 0.15) is 28.5 Å². The molecule has 0 aliphatic carbocycles. The van der Waals surface area contributed by atoms with E-state index >= 15 is 0 Å². The molecule has 34 heavy (non-hydrogen) atoms. The van der Waals surface area contributed by atoms with Gasteiger partial charge in [0.05, 0.1) is 10.9 Å². The molecule has 0 N–H and O–H groups in total. The molecule has 1 amide bonds. The topological polar surface area (TPSA) is 67.4 Å². The van der Waals surface area contributed by atoms with E-state index in [1.807, 2.05) is 41.3 Å². The van der Waals surface area contributed by atoms with Crippen LogP contribution in [0.2, 0.25) is 0 Å². The van der Waals surface area contributed by atoms with Crippen LogP contribution in [-0.4, -0.2) is 56.6 Å². The molecule has 1 fully saturated rings. The fourth-order valence-corrected chi connectivity index (χ4v) is 5.88. The Hall–Kier alpha value is -3.49. The molecule has 1 aliphatic heterocycles. The molecule has 1 unspecified atom stereocenters. The van der Waals surface area contributed by atoms with Crippen molar-refractivity contribution in [3.63, 3.8) is 0 Å². The van der Waals surface area contributed by atoms with Gasteiger partial charge < -0.3 is 14.0 Å². The molecule has 0 bridgehead atoms. The summed E-state index contributed by atoms with van der Waals surface area (Å²) in [5, 5.41) is 6.51. The molecule has 2 aromatic carbocycles. The molecule has 7 nitrogen and oxygen atoms in total. The van der Waals surface area contributed by atoms with Crippen LogP contribution in [-0.2, 0) is 7.05 Å². The number of aryl methyl sites for hydroxylation is 1. The average molecular weight is 472 g/mol. The molecule has 1 saturated heterocycles. The lowest BCUT2D eigenvalue weighted by Crippen LogP contribution is -2.49. The molecule has 8 heteroatoms. The second-order valence-corrected chi connectivity index (χ2v) is 9.76. The van der Waals surface area contributed by atoms with E-state index in [9.17, 15) is 4.79 Å². The Balaban J connectivity index is 1.14. The van der Waals surface area contributed by atoms with Gasteiger partial charge in [-0.25, -0.2) is 0 Å². The van der Waals surface area contributed by atoms with Gasteiger partial charge >= 0.3 is 0 Å². The molecule has 0 saturated carbocycles. The number of rotatable bonds is 4. The zero-order chi connectivity index (χ0) is 23.2. The molecule has 0 spiro atoms. The third kappa shape index (κ3) is 3.50. The Morgan fingerprint density at radius 1 is 1.00 bits per heavy atom. The summed E-state index contributed by atoms with van der Waals surface area (Å²) in [6.07, 6.45) is 0. The third-order valence-electron chi connectivity index (χ3n) is 6.76. The minimum atomic E-state index is -0.00194. The van der Waals surface area contributed by atoms with E-state index < -0.39 is 0 Å². The van der Waals surface area contributed by atoms with Crippen molar-refractivity contribution >= 4 is 38.4 Å². The van der Waals surface area contributed by atoms with Gasteiger partial charge in [0.25, 0.3) is 5.91 Å². The van der Waals surface area contributed by atoms with Crippen molar-refractivity contribution in [3.05, 3.63) is 71.4 Å². The molecule has 1 atom stereocenters. The van der Waals surface area contributed by atoms with Crippen LogP contribution in [0.25, 0.3) is 32.5 Å². The van der Waals surface area contributed by atoms with Crippen LogP contribution >= 0.6 is 11.3 Å². The molecule has 0 radical (unpaired) electrons. The zero-order valence-electron chi connectivity index (χ0n) is 19.1. The summed E-state index contributed by atoms with van der Waals surface area (Å²) in [6, 6.07) is 20.2. The number of aromatic nitrogens is 3. The minimum Gasteiger partial charge on any atom is -0.337 e. The Labute approximate surface area is 201 Å². The maximum atomic E-state index is 13.3. The predicted octanol–water partition coefficient (Wildman–Crippen LogP) is 4.96. The van der Waals surface area contributed by atoms with Gasteiger partial charge in [-0.3, -0.25) is 9.69 Å². The second-order valence-electron chi connectivity index (χ2n) is 8.73. The summed E-state index contributed by atoms with van der Waals surface area (Å²) in [5.74, 6) is 1.32. The number of para-hydroxylation sites is 1. The van der Waals surface area contributed by atoms with Gasteiger partial charge in [-0.15, -0.1) is 11.3 Å². The molecule has 4 heterocycles. The van der Waals surface area contributed by atoms with E-state index in [0.29, 0.717) is 24.8 Å². The van der Waals surface area contributed by atoms with Crippen molar-refractivity contribution in [2.24, 2.45) is 7.05 Å². The van der Waals surface area contributed by atoms with E-state index in [0.717, 1.165) is 33.7 Å². The normalized spacial score (nSPS) is 15.9. The van der Waals surface area contributed by atoms with Gasteiger partial charge in [0.15, 0.2) is 0 Å². The smallest absolute Gasteiger partial charge is 0.264 e. The van der Waals surface area contributed by atoms with Gasteiger partial charge in [0.1, 0.15) is 4.83 Å². The quantitative estimate of drug-likeness (QED) is 0.371. The van der Waals surface area contributed by atoms with Crippen LogP contribution in [0.5, 0.6) is 0 Å². The maximum Gasteiger partial charge on any atom is 0.264 e. The number of carbonyl (C=O) groups is 1. The molecule has 6 rings (SSSR count). The Bertz CT molecular complexity index is 1480. The van der Waals surface area contributed by atoms with Crippen molar-refractivity contribution in [1.29, 1.82) is 0 Å². The molecular weight excluding hydrogens is 446 g/mol. The number of piperazine rings is 1. The standard InChI is InChI=1S/C26H25N5O2S/c1-17(24-27-23(28-33-24)18-8-4-3-5-9-18)30-12-14-31(15-13-30)25(32)22-16-20-19-10-6-7-11-21(19)29(2)26(20)34-22/h3-11,16-17H,12-15H2,1-2H3. The largest absolute Gasteiger partial charge is 0.337 e. The molecule has 3 aromatic heterocycles. The second kappa shape index (κ2) is 8.38. The predicted molar refractivity (Wildman–Crippen MR) is 134 cm³/mol. The number of hydrogen-bond acceptors (Lipinski definition) is 6. The van der Waals surface area contributed by atoms with Crippen molar-refractivity contribution in [2.45, 2.75) is 13.0 Å². The van der Waals surface area contributed by atoms with Crippen molar-refractivity contribution < 1.29 is 9.32 Å². The fourth-order valence-electron chi connectivity index (χ4n) is 4.77. The van der Waals surface area contributed by atoms with E-state index in [1.54, 1.807) is 11.3 Å². The van der Waals surface area contributed by atoms with Crippen LogP contribution in [0, 0.1) is 0 Å². The highest BCUT2D eigenvalue weighted by Gasteiger charge is 2.29. The van der Waals surface area contributed by atoms with Crippen molar-refractivity contribution in [3.8, 4) is 11.4 Å². The minimum absolute atomic E-state index is 0.00194. The first-order valence-corrected chi connectivity index (χ1v) is 12.3. The van der Waals surface area contributed by atoms with Gasteiger partial charge in [-0.1, -0.05) is 53.7 Å². The lowest BCUT2D eigenvalue weighted by atomic mass is 10.2. The van der Waals surface area contributed by atoms with Gasteiger partial charge in [0, 0.05) is 55.1 Å². The Morgan fingerprint density at radius 2 is 1.74 bits per heavy atom. The Kier molecular flexibility index (Phi) is 5.19. The van der Waals surface area contributed by atoms with Gasteiger partial charge in [-0.05, 0) is 19.1 Å². The molecule has 172 valence electrons. The molecule has 5 aromatic rings. The SMILES string of the molecule is CC(c1nc(-c2ccccc2)no1)N1CCN(C(=O)c2cc3c4ccccc4n(C)c3s2)CC1. The summed E-state index contributed by atoms with van der Waals surface area (Å²) in [4.78, 5) is 24.1. The van der Waals surface area contributed by atoms with Crippen molar-refractivity contribution in [1.82, 2.24) is 24.5 Å². The van der Waals surface area contributed by atoms with Gasteiger partial charge in [-0.2, -0.15) is 4.98 Å². The van der Waals surface area contributed by atoms with Crippen LogP contribution < -0.4 is 0 Å². The van der Waals surface area contributed by atoms with Crippen LogP contribution in [0.15, 0.2) is 65.2 Å². The van der Waals surface area contributed by atoms with Crippen molar-refractivity contribution in [2.75, 3.05) is 26.2 Å². The van der Waals surface area contributed by atoms with Crippen LogP contribution in [0.3, 0.4) is 0 Å². The lowest BCUT2D eigenvalue weighted by Gasteiger charge is -2.36. The highest BCUT2D eigenvalue weighted by atomic mass is 32.1. The summed E-state index contributed by atoms with van der Waals surface area (Å²) < 4.78 is 7.75. The third-order valence-corrected chi connectivity index (χ3v) is 7.96. The lowest BCUT2D eigenvalue weighted by molar-refractivity contribution is 0.0556. The van der Waals surface area contributed by atoms with E-state index in [1.165, 1.54) is 10.9 Å². The first kappa shape index (κ1) is 21.1. The summed E-state index contributed by atoms with van der Waals surface area (Å²) >= 11 is 1.58. The van der Waals surface area contributed by atoms with E-state index in [-0.39, 0.29) is 11.9 Å². The van der Waals surface area contributed by atoms with E-state index in [4.69, 9.17) is 4.52 Å². The number of carbonyl (C=O) groups excluding carboxylic acids is 1. The molecule has 1 aliphatic rings. The number of benzene rings is 2. The number of nitrogens with zero attached hydrogens (tertiary/aromatic N) is 5. The first-order valence-electron chi connectivity index (χ1n) is 11.5. The monoisotopic (exact) mass is 471 g/mol. The number of fused-ring (bicyclic) bond motifs is 3. The average Bonchev–Trinajstić information content (AvgIpc) is 3.61. The number of amides is 1. The number of thiophene rings is 1. The first-order chi connectivity index (χ1) is 16.6. The highest BCUT2D eigenvalue weighted by molar-refractivity contribution is 7.20. The molecular formula is C26H25N5O2S. The highest BCUT2D eigenvalue weighted by Crippen LogP contribution is 2.35.